The van der Waals surface area contributed by atoms with Gasteiger partial charge in [0.25, 0.3) is 0 Å². The minimum atomic E-state index is -0.321. The van der Waals surface area contributed by atoms with Crippen LogP contribution in [-0.2, 0) is 11.3 Å². The van der Waals surface area contributed by atoms with Crippen LogP contribution in [0.1, 0.15) is 61.5 Å². The summed E-state index contributed by atoms with van der Waals surface area (Å²) in [5.74, 6) is -0.0547. The smallest absolute Gasteiger partial charge is 0.340 e. The van der Waals surface area contributed by atoms with Crippen molar-refractivity contribution in [1.82, 2.24) is 19.7 Å². The van der Waals surface area contributed by atoms with Gasteiger partial charge in [-0.15, -0.1) is 0 Å². The van der Waals surface area contributed by atoms with Crippen molar-refractivity contribution in [3.63, 3.8) is 0 Å². The molecule has 0 N–H and O–H groups in total. The summed E-state index contributed by atoms with van der Waals surface area (Å²) in [6.07, 6.45) is 9.72. The summed E-state index contributed by atoms with van der Waals surface area (Å²) in [6, 6.07) is 1.98. The number of carbonyl (C=O) groups is 1. The summed E-state index contributed by atoms with van der Waals surface area (Å²) < 4.78 is 8.21. The molecular formula is C21H23BrN4O2. The van der Waals surface area contributed by atoms with Gasteiger partial charge in [0.05, 0.1) is 24.1 Å². The van der Waals surface area contributed by atoms with E-state index >= 15 is 0 Å². The number of ether oxygens (including phenoxy) is 1. The Hall–Kier alpha value is -2.28. The molecule has 0 saturated heterocycles. The van der Waals surface area contributed by atoms with Gasteiger partial charge >= 0.3 is 5.97 Å². The van der Waals surface area contributed by atoms with Crippen LogP contribution in [0.15, 0.2) is 29.1 Å². The zero-order valence-corrected chi connectivity index (χ0v) is 17.7. The number of carbonyl (C=O) groups excluding carboxylic acids is 1. The van der Waals surface area contributed by atoms with Crippen LogP contribution < -0.4 is 0 Å². The Bertz CT molecular complexity index is 1020. The molecule has 0 aliphatic heterocycles. The lowest BCUT2D eigenvalue weighted by molar-refractivity contribution is 0.0525. The molecule has 0 unspecified atom stereocenters. The molecule has 28 heavy (non-hydrogen) atoms. The molecule has 0 bridgehead atoms. The van der Waals surface area contributed by atoms with Gasteiger partial charge in [-0.05, 0) is 48.7 Å². The highest BCUT2D eigenvalue weighted by Crippen LogP contribution is 2.41. The Labute approximate surface area is 172 Å². The van der Waals surface area contributed by atoms with Gasteiger partial charge in [-0.3, -0.25) is 4.98 Å². The number of fused-ring (bicyclic) bond motifs is 1. The van der Waals surface area contributed by atoms with Crippen LogP contribution in [0, 0.1) is 0 Å². The topological polar surface area (TPSA) is 69.9 Å². The summed E-state index contributed by atoms with van der Waals surface area (Å²) in [7, 11) is 0. The second-order valence-electron chi connectivity index (χ2n) is 7.04. The summed E-state index contributed by atoms with van der Waals surface area (Å²) in [6.45, 7) is 4.92. The van der Waals surface area contributed by atoms with Crippen molar-refractivity contribution in [2.24, 2.45) is 0 Å². The van der Waals surface area contributed by atoms with Gasteiger partial charge in [-0.2, -0.15) is 5.10 Å². The molecule has 0 radical (unpaired) electrons. The van der Waals surface area contributed by atoms with Crippen molar-refractivity contribution in [1.29, 1.82) is 0 Å². The Morgan fingerprint density at radius 2 is 2.04 bits per heavy atom. The third kappa shape index (κ3) is 3.32. The number of halogens is 1. The maximum absolute atomic E-state index is 13.1. The first-order chi connectivity index (χ1) is 13.6. The quantitative estimate of drug-likeness (QED) is 0.513. The lowest BCUT2D eigenvalue weighted by atomic mass is 9.91. The predicted molar refractivity (Wildman–Crippen MR) is 111 cm³/mol. The standard InChI is InChI=1S/C21H23BrN4O2/c1-3-26-20-16(12-24-26)17(14-9-15(22)11-23-10-14)18(21(27)28-4-2)19(25-20)13-7-5-6-8-13/h9-13H,3-8H2,1-2H3. The predicted octanol–water partition coefficient (Wildman–Crippen LogP) is 5.11. The normalized spacial score (nSPS) is 14.7. The fraction of sp³-hybridized carbons (Fsp3) is 0.429. The number of esters is 1. The van der Waals surface area contributed by atoms with Crippen LogP contribution in [-0.4, -0.2) is 32.3 Å². The van der Waals surface area contributed by atoms with Crippen molar-refractivity contribution in [3.8, 4) is 11.1 Å². The molecule has 3 heterocycles. The van der Waals surface area contributed by atoms with Crippen LogP contribution in [0.3, 0.4) is 0 Å². The Morgan fingerprint density at radius 1 is 1.25 bits per heavy atom. The highest BCUT2D eigenvalue weighted by molar-refractivity contribution is 9.10. The van der Waals surface area contributed by atoms with E-state index in [0.29, 0.717) is 12.2 Å². The van der Waals surface area contributed by atoms with Crippen molar-refractivity contribution < 1.29 is 9.53 Å². The molecule has 1 fully saturated rings. The molecule has 3 aromatic rings. The van der Waals surface area contributed by atoms with E-state index in [1.54, 1.807) is 18.6 Å². The highest BCUT2D eigenvalue weighted by atomic mass is 79.9. The molecule has 4 rings (SSSR count). The van der Waals surface area contributed by atoms with E-state index < -0.39 is 0 Å². The van der Waals surface area contributed by atoms with E-state index in [1.165, 1.54) is 0 Å². The van der Waals surface area contributed by atoms with Crippen LogP contribution in [0.5, 0.6) is 0 Å². The number of aromatic nitrogens is 4. The first-order valence-corrected chi connectivity index (χ1v) is 10.6. The average Bonchev–Trinajstić information content (AvgIpc) is 3.36. The Balaban J connectivity index is 2.08. The van der Waals surface area contributed by atoms with E-state index in [1.807, 2.05) is 24.6 Å². The fourth-order valence-corrected chi connectivity index (χ4v) is 4.46. The molecule has 7 heteroatoms. The first-order valence-electron chi connectivity index (χ1n) is 9.81. The van der Waals surface area contributed by atoms with Crippen molar-refractivity contribution in [3.05, 3.63) is 40.4 Å². The molecule has 0 amide bonds. The van der Waals surface area contributed by atoms with Gasteiger partial charge in [0.1, 0.15) is 0 Å². The zero-order chi connectivity index (χ0) is 19.7. The van der Waals surface area contributed by atoms with Crippen LogP contribution in [0.25, 0.3) is 22.2 Å². The molecule has 0 atom stereocenters. The second kappa shape index (κ2) is 7.99. The van der Waals surface area contributed by atoms with E-state index in [4.69, 9.17) is 9.72 Å². The molecule has 3 aromatic heterocycles. The van der Waals surface area contributed by atoms with E-state index in [0.717, 1.165) is 64.6 Å². The minimum Gasteiger partial charge on any atom is -0.462 e. The summed E-state index contributed by atoms with van der Waals surface area (Å²) in [5, 5.41) is 5.36. The number of pyridine rings is 2. The lowest BCUT2D eigenvalue weighted by Gasteiger charge is -2.18. The Kier molecular flexibility index (Phi) is 5.44. The van der Waals surface area contributed by atoms with Gasteiger partial charge in [0.2, 0.25) is 0 Å². The number of hydrogen-bond donors (Lipinski definition) is 0. The van der Waals surface area contributed by atoms with Gasteiger partial charge in [0, 0.05) is 45.8 Å². The van der Waals surface area contributed by atoms with Crippen LogP contribution in [0.2, 0.25) is 0 Å². The van der Waals surface area contributed by atoms with Crippen LogP contribution >= 0.6 is 15.9 Å². The number of hydrogen-bond acceptors (Lipinski definition) is 5. The van der Waals surface area contributed by atoms with Gasteiger partial charge in [-0.1, -0.05) is 12.8 Å². The molecule has 6 nitrogen and oxygen atoms in total. The summed E-state index contributed by atoms with van der Waals surface area (Å²) in [5.41, 5.74) is 3.90. The largest absolute Gasteiger partial charge is 0.462 e. The van der Waals surface area contributed by atoms with Crippen molar-refractivity contribution >= 4 is 32.9 Å². The fourth-order valence-electron chi connectivity index (χ4n) is 4.09. The number of aryl methyl sites for hydroxylation is 1. The molecule has 0 aromatic carbocycles. The van der Waals surface area contributed by atoms with Crippen molar-refractivity contribution in [2.45, 2.75) is 52.0 Å². The number of nitrogens with zero attached hydrogens (tertiary/aromatic N) is 4. The summed E-state index contributed by atoms with van der Waals surface area (Å²) >= 11 is 3.50. The zero-order valence-electron chi connectivity index (χ0n) is 16.1. The van der Waals surface area contributed by atoms with Gasteiger partial charge < -0.3 is 4.74 Å². The summed E-state index contributed by atoms with van der Waals surface area (Å²) in [4.78, 5) is 22.4. The Morgan fingerprint density at radius 3 is 2.71 bits per heavy atom. The molecule has 1 aliphatic carbocycles. The van der Waals surface area contributed by atoms with E-state index in [9.17, 15) is 4.79 Å². The molecule has 146 valence electrons. The minimum absolute atomic E-state index is 0.267. The van der Waals surface area contributed by atoms with Gasteiger partial charge in [-0.25, -0.2) is 14.5 Å². The van der Waals surface area contributed by atoms with Crippen LogP contribution in [0.4, 0.5) is 0 Å². The SMILES string of the molecule is CCOC(=O)c1c(C2CCCC2)nc2c(cnn2CC)c1-c1cncc(Br)c1. The van der Waals surface area contributed by atoms with E-state index in [-0.39, 0.29) is 11.9 Å². The van der Waals surface area contributed by atoms with Gasteiger partial charge in [0.15, 0.2) is 5.65 Å². The molecule has 1 saturated carbocycles. The molecule has 0 spiro atoms. The highest BCUT2D eigenvalue weighted by Gasteiger charge is 2.30. The molecular weight excluding hydrogens is 420 g/mol. The average molecular weight is 443 g/mol. The third-order valence-corrected chi connectivity index (χ3v) is 5.76. The third-order valence-electron chi connectivity index (χ3n) is 5.33. The molecule has 1 aliphatic rings. The monoisotopic (exact) mass is 442 g/mol. The first kappa shape index (κ1) is 19.1. The van der Waals surface area contributed by atoms with Crippen molar-refractivity contribution in [2.75, 3.05) is 6.61 Å². The number of rotatable bonds is 5. The lowest BCUT2D eigenvalue weighted by Crippen LogP contribution is -2.15. The maximum atomic E-state index is 13.1. The second-order valence-corrected chi connectivity index (χ2v) is 7.95. The maximum Gasteiger partial charge on any atom is 0.340 e. The van der Waals surface area contributed by atoms with E-state index in [2.05, 4.69) is 26.0 Å².